The molecule has 0 amide bonds. The first kappa shape index (κ1) is 37.5. The summed E-state index contributed by atoms with van der Waals surface area (Å²) in [4.78, 5) is 2.67. The molecular formula is C60H47BN2O2S. The molecular weight excluding hydrogens is 824 g/mol. The zero-order valence-corrected chi connectivity index (χ0v) is 39.1. The average Bonchev–Trinajstić information content (AvgIpc) is 4.06. The molecule has 0 fully saturated rings. The van der Waals surface area contributed by atoms with Crippen molar-refractivity contribution in [3.8, 4) is 16.8 Å². The van der Waals surface area contributed by atoms with Gasteiger partial charge in [-0.2, -0.15) is 0 Å². The standard InChI is InChI=1S/C60H47BN2O2S/c1-58(2,3)32-16-18-33(19-17-32)63-46-31-53-40(41-27-42-43(29-52(41)66-53)60(6,7)25-24-59(42,4)5)26-38(46)35-20-21-37-54-45(22-23-50-55(54)36-13-9-11-15-49(36)64-50)62-47-28-39-34-12-8-10-14-48(34)65-51(39)30-44(47)61(63)56(35)57(37)62/h8-23,26-31H,24-25H2,1-7H3. The molecule has 15 rings (SSSR count). The number of fused-ring (bicyclic) bond motifs is 19. The van der Waals surface area contributed by atoms with Crippen LogP contribution in [0.3, 0.4) is 0 Å². The van der Waals surface area contributed by atoms with E-state index in [9.17, 15) is 0 Å². The number of anilines is 2. The fraction of sp³-hybridized carbons (Fsp3) is 0.200. The van der Waals surface area contributed by atoms with E-state index in [-0.39, 0.29) is 23.1 Å². The van der Waals surface area contributed by atoms with Gasteiger partial charge in [0.25, 0.3) is 0 Å². The molecule has 0 bridgehead atoms. The summed E-state index contributed by atoms with van der Waals surface area (Å²) in [5, 5.41) is 9.79. The number of benzene rings is 8. The second-order valence-corrected chi connectivity index (χ2v) is 23.0. The normalized spacial score (nSPS) is 16.2. The molecule has 0 unspecified atom stereocenters. The van der Waals surface area contributed by atoms with Crippen LogP contribution in [0.1, 0.15) is 78.0 Å². The Bertz CT molecular complexity index is 4170. The Morgan fingerprint density at radius 2 is 1.23 bits per heavy atom. The molecule has 0 atom stereocenters. The summed E-state index contributed by atoms with van der Waals surface area (Å²) in [5.41, 5.74) is 19.5. The van der Waals surface area contributed by atoms with Crippen molar-refractivity contribution in [3.63, 3.8) is 0 Å². The molecule has 3 aliphatic rings. The molecule has 6 heteroatoms. The van der Waals surface area contributed by atoms with Gasteiger partial charge in [-0.3, -0.25) is 0 Å². The zero-order valence-electron chi connectivity index (χ0n) is 38.3. The molecule has 0 saturated carbocycles. The van der Waals surface area contributed by atoms with Crippen LogP contribution in [0.4, 0.5) is 11.4 Å². The molecule has 2 aliphatic heterocycles. The minimum atomic E-state index is -0.140. The van der Waals surface area contributed by atoms with Crippen LogP contribution >= 0.6 is 11.3 Å². The fourth-order valence-corrected chi connectivity index (χ4v) is 13.8. The van der Waals surface area contributed by atoms with E-state index in [1.807, 2.05) is 11.3 Å². The lowest BCUT2D eigenvalue weighted by Gasteiger charge is -2.42. The Kier molecular flexibility index (Phi) is 6.91. The van der Waals surface area contributed by atoms with Crippen LogP contribution in [-0.4, -0.2) is 11.4 Å². The summed E-state index contributed by atoms with van der Waals surface area (Å²) >= 11 is 1.96. The molecule has 1 aliphatic carbocycles. The first-order valence-electron chi connectivity index (χ1n) is 23.6. The van der Waals surface area contributed by atoms with Crippen molar-refractivity contribution < 1.29 is 8.83 Å². The van der Waals surface area contributed by atoms with Crippen molar-refractivity contribution in [2.45, 2.75) is 77.6 Å². The van der Waals surface area contributed by atoms with E-state index in [2.05, 4.69) is 191 Å². The first-order chi connectivity index (χ1) is 31.8. The Hall–Kier alpha value is -6.76. The molecule has 4 aromatic heterocycles. The third kappa shape index (κ3) is 4.70. The van der Waals surface area contributed by atoms with Crippen molar-refractivity contribution in [1.82, 2.24) is 4.57 Å². The fourth-order valence-electron chi connectivity index (χ4n) is 12.6. The molecule has 6 heterocycles. The average molecular weight is 871 g/mol. The lowest BCUT2D eigenvalue weighted by molar-refractivity contribution is 0.332. The van der Waals surface area contributed by atoms with E-state index < -0.39 is 0 Å². The second kappa shape index (κ2) is 12.2. The van der Waals surface area contributed by atoms with Crippen LogP contribution in [0.2, 0.25) is 0 Å². The van der Waals surface area contributed by atoms with Gasteiger partial charge in [-0.05, 0) is 135 Å². The van der Waals surface area contributed by atoms with E-state index in [0.29, 0.717) is 0 Å². The summed E-state index contributed by atoms with van der Waals surface area (Å²) in [6.07, 6.45) is 2.40. The van der Waals surface area contributed by atoms with Gasteiger partial charge in [-0.1, -0.05) is 109 Å². The van der Waals surface area contributed by atoms with E-state index in [1.165, 1.54) is 116 Å². The molecule has 8 aromatic carbocycles. The minimum Gasteiger partial charge on any atom is -0.456 e. The summed E-state index contributed by atoms with van der Waals surface area (Å²) < 4.78 is 18.7. The van der Waals surface area contributed by atoms with Gasteiger partial charge in [-0.15, -0.1) is 11.3 Å². The van der Waals surface area contributed by atoms with Crippen molar-refractivity contribution in [3.05, 3.63) is 150 Å². The molecule has 0 radical (unpaired) electrons. The van der Waals surface area contributed by atoms with Crippen LogP contribution in [0, 0.1) is 0 Å². The van der Waals surface area contributed by atoms with Crippen LogP contribution in [-0.2, 0) is 16.2 Å². The number of hydrogen-bond acceptors (Lipinski definition) is 4. The van der Waals surface area contributed by atoms with Crippen LogP contribution < -0.4 is 15.7 Å². The quantitative estimate of drug-likeness (QED) is 0.154. The van der Waals surface area contributed by atoms with E-state index in [1.54, 1.807) is 0 Å². The number of rotatable bonds is 1. The predicted octanol–water partition coefficient (Wildman–Crippen LogP) is 15.8. The summed E-state index contributed by atoms with van der Waals surface area (Å²) in [6, 6.07) is 50.7. The van der Waals surface area contributed by atoms with Gasteiger partial charge < -0.3 is 18.2 Å². The van der Waals surface area contributed by atoms with Gasteiger partial charge in [0.2, 0.25) is 0 Å². The van der Waals surface area contributed by atoms with Crippen molar-refractivity contribution >= 4 is 126 Å². The highest BCUT2D eigenvalue weighted by molar-refractivity contribution is 7.25. The number of nitrogens with zero attached hydrogens (tertiary/aromatic N) is 2. The predicted molar refractivity (Wildman–Crippen MR) is 281 cm³/mol. The number of hydrogen-bond donors (Lipinski definition) is 0. The highest BCUT2D eigenvalue weighted by atomic mass is 32.1. The van der Waals surface area contributed by atoms with E-state index in [0.717, 1.165) is 38.5 Å². The smallest absolute Gasteiger partial charge is 0.333 e. The molecule has 4 nitrogen and oxygen atoms in total. The van der Waals surface area contributed by atoms with Crippen molar-refractivity contribution in [1.29, 1.82) is 0 Å². The molecule has 0 spiro atoms. The molecule has 0 N–H and O–H groups in total. The largest absolute Gasteiger partial charge is 0.456 e. The molecule has 12 aromatic rings. The highest BCUT2D eigenvalue weighted by Crippen LogP contribution is 2.53. The Morgan fingerprint density at radius 3 is 2.00 bits per heavy atom. The van der Waals surface area contributed by atoms with Crippen LogP contribution in [0.5, 0.6) is 0 Å². The SMILES string of the molecule is CC(C)(C)c1ccc(N2B3c4cc5oc6ccccc6c5cc4-n4c5ccc6oc7ccccc7c6c5c5ccc(c3c54)-c3cc4c(cc32)sc2cc3c(cc24)C(C)(C)CCC3(C)C)cc1. The lowest BCUT2D eigenvalue weighted by atomic mass is 9.44. The maximum absolute atomic E-state index is 6.77. The zero-order chi connectivity index (χ0) is 44.3. The Labute approximate surface area is 387 Å². The van der Waals surface area contributed by atoms with Crippen molar-refractivity contribution in [2.75, 3.05) is 4.81 Å². The minimum absolute atomic E-state index is 0.0243. The summed E-state index contributed by atoms with van der Waals surface area (Å²) in [5.74, 6) is 0. The molecule has 318 valence electrons. The number of thiophene rings is 1. The van der Waals surface area contributed by atoms with Crippen LogP contribution in [0.15, 0.2) is 142 Å². The van der Waals surface area contributed by atoms with Gasteiger partial charge in [-0.25, -0.2) is 0 Å². The number of aromatic nitrogens is 1. The van der Waals surface area contributed by atoms with Gasteiger partial charge in [0.05, 0.1) is 11.0 Å². The summed E-state index contributed by atoms with van der Waals surface area (Å²) in [7, 11) is 0. The lowest BCUT2D eigenvalue weighted by Crippen LogP contribution is -2.60. The highest BCUT2D eigenvalue weighted by Gasteiger charge is 2.45. The topological polar surface area (TPSA) is 34.5 Å². The van der Waals surface area contributed by atoms with Crippen LogP contribution in [0.25, 0.3) is 103 Å². The number of furan rings is 2. The maximum Gasteiger partial charge on any atom is 0.333 e. The third-order valence-electron chi connectivity index (χ3n) is 16.2. The molecule has 0 saturated heterocycles. The van der Waals surface area contributed by atoms with E-state index in [4.69, 9.17) is 8.83 Å². The van der Waals surface area contributed by atoms with Gasteiger partial charge in [0.15, 0.2) is 0 Å². The Morgan fingerprint density at radius 1 is 0.545 bits per heavy atom. The monoisotopic (exact) mass is 870 g/mol. The maximum atomic E-state index is 6.77. The number of para-hydroxylation sites is 2. The van der Waals surface area contributed by atoms with E-state index >= 15 is 0 Å². The van der Waals surface area contributed by atoms with Gasteiger partial charge in [0, 0.05) is 75.1 Å². The van der Waals surface area contributed by atoms with Gasteiger partial charge >= 0.3 is 6.85 Å². The van der Waals surface area contributed by atoms with Gasteiger partial charge in [0.1, 0.15) is 22.3 Å². The van der Waals surface area contributed by atoms with Crippen molar-refractivity contribution in [2.24, 2.45) is 0 Å². The second-order valence-electron chi connectivity index (χ2n) is 21.9. The third-order valence-corrected chi connectivity index (χ3v) is 17.3. The first-order valence-corrected chi connectivity index (χ1v) is 24.5. The Balaban J connectivity index is 1.11. The molecule has 66 heavy (non-hydrogen) atoms. The summed E-state index contributed by atoms with van der Waals surface area (Å²) in [6.45, 7) is 16.5.